The van der Waals surface area contributed by atoms with Crippen LogP contribution >= 0.6 is 0 Å². The molecule has 3 rings (SSSR count). The molecule has 9 nitrogen and oxygen atoms in total. The zero-order valence-electron chi connectivity index (χ0n) is 16.5. The first-order chi connectivity index (χ1) is 14.2. The van der Waals surface area contributed by atoms with Crippen LogP contribution in [0.1, 0.15) is 11.1 Å². The molecule has 3 aromatic rings. The monoisotopic (exact) mass is 432 g/mol. The number of nitrogens with two attached hydrogens (primary N) is 1. The molecule has 0 atom stereocenters. The van der Waals surface area contributed by atoms with Crippen LogP contribution in [0.3, 0.4) is 0 Å². The number of methoxy groups -OCH3 is 2. The Kier molecular flexibility index (Phi) is 5.81. The lowest BCUT2D eigenvalue weighted by Crippen LogP contribution is -2.21. The Balaban J connectivity index is 1.90. The fourth-order valence-corrected chi connectivity index (χ4v) is 3.58. The number of aryl methyl sites for hydroxylation is 1. The van der Waals surface area contributed by atoms with E-state index in [1.54, 1.807) is 19.1 Å². The minimum atomic E-state index is -3.83. The number of carbonyl (C=O) groups is 1. The molecule has 0 aliphatic carbocycles. The number of carbonyl (C=O) groups excluding carboxylic acids is 1. The van der Waals surface area contributed by atoms with Gasteiger partial charge in [0.1, 0.15) is 0 Å². The predicted octanol–water partition coefficient (Wildman–Crippen LogP) is 1.95. The Morgan fingerprint density at radius 3 is 2.33 bits per heavy atom. The van der Waals surface area contributed by atoms with Gasteiger partial charge in [-0.2, -0.15) is 0 Å². The molecular weight excluding hydrogens is 412 g/mol. The summed E-state index contributed by atoms with van der Waals surface area (Å²) < 4.78 is 38.6. The first-order valence-corrected chi connectivity index (χ1v) is 10.3. The van der Waals surface area contributed by atoms with Gasteiger partial charge in [0.15, 0.2) is 11.3 Å². The van der Waals surface area contributed by atoms with E-state index in [1.165, 1.54) is 38.5 Å². The average molecular weight is 432 g/mol. The quantitative estimate of drug-likeness (QED) is 0.568. The summed E-state index contributed by atoms with van der Waals surface area (Å²) in [5.41, 5.74) is 0.727. The van der Waals surface area contributed by atoms with Crippen LogP contribution < -0.4 is 25.6 Å². The molecule has 0 bridgehead atoms. The fraction of sp³-hybridized carbons (Fsp3) is 0.200. The summed E-state index contributed by atoms with van der Waals surface area (Å²) in [4.78, 5) is 24.9. The van der Waals surface area contributed by atoms with Crippen molar-refractivity contribution in [3.8, 4) is 11.5 Å². The lowest BCUT2D eigenvalue weighted by Gasteiger charge is -2.13. The number of sulfonamides is 1. The standard InChI is InChI=1S/C20H20N2O7S/c1-11-14-8-9-16(27-2)19(28-3)18(14)29-20(24)15(11)10-17(23)22-12-4-6-13(7-5-12)30(21,25)26/h4-9H,10H2,1-3H3,(H,22,23)(H2,21,25,26). The molecule has 0 saturated carbocycles. The zero-order valence-corrected chi connectivity index (χ0v) is 17.3. The number of anilines is 1. The topological polar surface area (TPSA) is 138 Å². The molecule has 3 N–H and O–H groups in total. The third-order valence-electron chi connectivity index (χ3n) is 4.60. The Morgan fingerprint density at radius 1 is 1.10 bits per heavy atom. The van der Waals surface area contributed by atoms with Gasteiger partial charge < -0.3 is 19.2 Å². The van der Waals surface area contributed by atoms with Crippen LogP contribution in [0.4, 0.5) is 5.69 Å². The van der Waals surface area contributed by atoms with Crippen molar-refractivity contribution in [2.75, 3.05) is 19.5 Å². The van der Waals surface area contributed by atoms with E-state index >= 15 is 0 Å². The number of amides is 1. The maximum Gasteiger partial charge on any atom is 0.340 e. The molecule has 30 heavy (non-hydrogen) atoms. The molecule has 0 unspecified atom stereocenters. The molecule has 1 heterocycles. The van der Waals surface area contributed by atoms with E-state index in [9.17, 15) is 18.0 Å². The number of ether oxygens (including phenoxy) is 2. The second-order valence-electron chi connectivity index (χ2n) is 6.47. The van der Waals surface area contributed by atoms with E-state index in [2.05, 4.69) is 5.32 Å². The number of benzene rings is 2. The Bertz CT molecular complexity index is 1280. The van der Waals surface area contributed by atoms with Crippen molar-refractivity contribution < 1.29 is 27.1 Å². The average Bonchev–Trinajstić information content (AvgIpc) is 2.70. The highest BCUT2D eigenvalue weighted by Crippen LogP contribution is 2.36. The molecule has 0 fully saturated rings. The van der Waals surface area contributed by atoms with Crippen LogP contribution in [0, 0.1) is 6.92 Å². The van der Waals surface area contributed by atoms with E-state index in [1.807, 2.05) is 0 Å². The highest BCUT2D eigenvalue weighted by Gasteiger charge is 2.19. The van der Waals surface area contributed by atoms with Crippen molar-refractivity contribution in [2.24, 2.45) is 5.14 Å². The summed E-state index contributed by atoms with van der Waals surface area (Å²) in [5.74, 6) is 0.246. The van der Waals surface area contributed by atoms with E-state index in [0.29, 0.717) is 28.1 Å². The van der Waals surface area contributed by atoms with E-state index in [4.69, 9.17) is 19.0 Å². The predicted molar refractivity (Wildman–Crippen MR) is 110 cm³/mol. The molecule has 10 heteroatoms. The lowest BCUT2D eigenvalue weighted by atomic mass is 10.0. The number of primary sulfonamides is 1. The molecule has 158 valence electrons. The minimum Gasteiger partial charge on any atom is -0.493 e. The van der Waals surface area contributed by atoms with Gasteiger partial charge in [-0.3, -0.25) is 4.79 Å². The molecule has 0 aliphatic heterocycles. The Morgan fingerprint density at radius 2 is 1.77 bits per heavy atom. The summed E-state index contributed by atoms with van der Waals surface area (Å²) in [6.45, 7) is 1.72. The van der Waals surface area contributed by atoms with Crippen molar-refractivity contribution in [3.63, 3.8) is 0 Å². The van der Waals surface area contributed by atoms with E-state index in [0.717, 1.165) is 0 Å². The second kappa shape index (κ2) is 8.17. The molecule has 2 aromatic carbocycles. The van der Waals surface area contributed by atoms with Crippen LogP contribution in [-0.2, 0) is 21.2 Å². The molecular formula is C20H20N2O7S. The lowest BCUT2D eigenvalue weighted by molar-refractivity contribution is -0.115. The third kappa shape index (κ3) is 4.14. The number of fused-ring (bicyclic) bond motifs is 1. The van der Waals surface area contributed by atoms with Crippen LogP contribution in [0.15, 0.2) is 50.5 Å². The maximum atomic E-state index is 12.5. The molecule has 1 aromatic heterocycles. The molecule has 0 spiro atoms. The largest absolute Gasteiger partial charge is 0.493 e. The van der Waals surface area contributed by atoms with Crippen molar-refractivity contribution >= 4 is 32.6 Å². The zero-order chi connectivity index (χ0) is 22.1. The number of rotatable bonds is 6. The van der Waals surface area contributed by atoms with Crippen LogP contribution in [0.25, 0.3) is 11.0 Å². The summed E-state index contributed by atoms with van der Waals surface area (Å²) in [6.07, 6.45) is -0.227. The number of hydrogen-bond donors (Lipinski definition) is 2. The van der Waals surface area contributed by atoms with Gasteiger partial charge >= 0.3 is 5.63 Å². The van der Waals surface area contributed by atoms with Crippen LogP contribution in [0.5, 0.6) is 11.5 Å². The highest BCUT2D eigenvalue weighted by atomic mass is 32.2. The number of hydrogen-bond acceptors (Lipinski definition) is 7. The molecule has 1 amide bonds. The first-order valence-electron chi connectivity index (χ1n) is 8.75. The van der Waals surface area contributed by atoms with Crippen LogP contribution in [0.2, 0.25) is 0 Å². The fourth-order valence-electron chi connectivity index (χ4n) is 3.06. The van der Waals surface area contributed by atoms with Gasteiger partial charge in [-0.25, -0.2) is 18.4 Å². The SMILES string of the molecule is COc1ccc2c(C)c(CC(=O)Nc3ccc(S(N)(=O)=O)cc3)c(=O)oc2c1OC. The number of nitrogens with one attached hydrogen (secondary N) is 1. The van der Waals surface area contributed by atoms with Crippen molar-refractivity contribution in [1.82, 2.24) is 0 Å². The second-order valence-corrected chi connectivity index (χ2v) is 8.03. The van der Waals surface area contributed by atoms with Crippen LogP contribution in [-0.4, -0.2) is 28.5 Å². The van der Waals surface area contributed by atoms with Gasteiger partial charge in [0.2, 0.25) is 21.7 Å². The van der Waals surface area contributed by atoms with Gasteiger partial charge in [0.05, 0.1) is 31.1 Å². The first kappa shape index (κ1) is 21.3. The van der Waals surface area contributed by atoms with E-state index < -0.39 is 21.6 Å². The third-order valence-corrected chi connectivity index (χ3v) is 5.53. The Hall–Kier alpha value is -3.37. The highest BCUT2D eigenvalue weighted by molar-refractivity contribution is 7.89. The Labute approximate surface area is 172 Å². The van der Waals surface area contributed by atoms with Crippen molar-refractivity contribution in [3.05, 3.63) is 57.9 Å². The maximum absolute atomic E-state index is 12.5. The van der Waals surface area contributed by atoms with Gasteiger partial charge in [0.25, 0.3) is 0 Å². The molecule has 0 aliphatic rings. The molecule has 0 radical (unpaired) electrons. The summed E-state index contributed by atoms with van der Waals surface area (Å²) in [5, 5.41) is 8.28. The van der Waals surface area contributed by atoms with Gasteiger partial charge in [0, 0.05) is 11.1 Å². The summed E-state index contributed by atoms with van der Waals surface area (Å²) in [6, 6.07) is 8.78. The summed E-state index contributed by atoms with van der Waals surface area (Å²) in [7, 11) is -0.910. The molecule has 0 saturated heterocycles. The van der Waals surface area contributed by atoms with Gasteiger partial charge in [-0.15, -0.1) is 0 Å². The minimum absolute atomic E-state index is 0.0732. The van der Waals surface area contributed by atoms with Crippen molar-refractivity contribution in [1.29, 1.82) is 0 Å². The normalized spacial score (nSPS) is 11.3. The van der Waals surface area contributed by atoms with Gasteiger partial charge in [-0.05, 0) is 48.9 Å². The van der Waals surface area contributed by atoms with E-state index in [-0.39, 0.29) is 22.5 Å². The van der Waals surface area contributed by atoms with Crippen molar-refractivity contribution in [2.45, 2.75) is 18.2 Å². The smallest absolute Gasteiger partial charge is 0.340 e. The van der Waals surface area contributed by atoms with Gasteiger partial charge in [-0.1, -0.05) is 0 Å². The summed E-state index contributed by atoms with van der Waals surface area (Å²) >= 11 is 0.